The van der Waals surface area contributed by atoms with Crippen LogP contribution in [0.4, 0.5) is 26.3 Å². The van der Waals surface area contributed by atoms with Crippen molar-refractivity contribution in [2.24, 2.45) is 0 Å². The third-order valence-corrected chi connectivity index (χ3v) is 17.7. The molecule has 10 aromatic carbocycles. The normalized spacial score (nSPS) is 11.5. The van der Waals surface area contributed by atoms with Gasteiger partial charge in [-0.2, -0.15) is 0 Å². The number of esters is 2. The summed E-state index contributed by atoms with van der Waals surface area (Å²) in [6, 6.07) is 46.2. The largest absolute Gasteiger partial charge is 0.494 e. The summed E-state index contributed by atoms with van der Waals surface area (Å²) >= 11 is 0. The molecule has 0 atom stereocenters. The Kier molecular flexibility index (Phi) is 24.7. The Morgan fingerprint density at radius 1 is 0.319 bits per heavy atom. The zero-order chi connectivity index (χ0) is 65.8. The summed E-state index contributed by atoms with van der Waals surface area (Å²) in [4.78, 5) is 28.0. The van der Waals surface area contributed by atoms with Gasteiger partial charge < -0.3 is 18.9 Å². The summed E-state index contributed by atoms with van der Waals surface area (Å²) in [5.41, 5.74) is 4.37. The lowest BCUT2D eigenvalue weighted by molar-refractivity contribution is -0.135. The highest BCUT2D eigenvalue weighted by Crippen LogP contribution is 2.47. The van der Waals surface area contributed by atoms with E-state index in [4.69, 9.17) is 18.9 Å². The van der Waals surface area contributed by atoms with Crippen molar-refractivity contribution >= 4 is 55.0 Å². The minimum Gasteiger partial charge on any atom is -0.494 e. The lowest BCUT2D eigenvalue weighted by atomic mass is 9.90. The van der Waals surface area contributed by atoms with Crippen LogP contribution in [0.5, 0.6) is 23.0 Å². The number of hydrogen-bond donors (Lipinski definition) is 0. The maximum atomic E-state index is 14.6. The van der Waals surface area contributed by atoms with Crippen molar-refractivity contribution in [2.45, 2.75) is 168 Å². The molecule has 0 aromatic heterocycles. The molecule has 0 aliphatic rings. The van der Waals surface area contributed by atoms with Gasteiger partial charge >= 0.3 is 11.9 Å². The van der Waals surface area contributed by atoms with Gasteiger partial charge in [0.1, 0.15) is 23.0 Å². The van der Waals surface area contributed by atoms with Crippen LogP contribution in [0.1, 0.15) is 166 Å². The first kappa shape index (κ1) is 68.2. The molecule has 10 rings (SSSR count). The van der Waals surface area contributed by atoms with Crippen LogP contribution in [0.3, 0.4) is 0 Å². The predicted octanol–water partition coefficient (Wildman–Crippen LogP) is 23.8. The van der Waals surface area contributed by atoms with Gasteiger partial charge in [-0.3, -0.25) is 9.59 Å². The first-order valence-electron chi connectivity index (χ1n) is 34.0. The van der Waals surface area contributed by atoms with Gasteiger partial charge in [-0.1, -0.05) is 202 Å². The zero-order valence-corrected chi connectivity index (χ0v) is 54.1. The summed E-state index contributed by atoms with van der Waals surface area (Å²) in [6.07, 6.45) is 22.3. The molecule has 6 nitrogen and oxygen atoms in total. The summed E-state index contributed by atoms with van der Waals surface area (Å²) < 4.78 is 112. The van der Waals surface area contributed by atoms with E-state index in [9.17, 15) is 35.9 Å². The monoisotopic (exact) mass is 1280 g/mol. The molecule has 10 aromatic rings. The van der Waals surface area contributed by atoms with Gasteiger partial charge in [-0.25, -0.2) is 26.3 Å². The lowest BCUT2D eigenvalue weighted by Gasteiger charge is -2.19. The van der Waals surface area contributed by atoms with E-state index in [1.807, 2.05) is 0 Å². The van der Waals surface area contributed by atoms with E-state index in [2.05, 4.69) is 86.6 Å². The highest BCUT2D eigenvalue weighted by Gasteiger charge is 2.24. The average molecular weight is 1280 g/mol. The smallest absolute Gasteiger partial charge is 0.311 e. The van der Waals surface area contributed by atoms with E-state index in [1.165, 1.54) is 32.7 Å². The first-order valence-corrected chi connectivity index (χ1v) is 34.0. The molecule has 0 saturated carbocycles. The van der Waals surface area contributed by atoms with Gasteiger partial charge in [-0.05, 0) is 188 Å². The predicted molar refractivity (Wildman–Crippen MR) is 368 cm³/mol. The van der Waals surface area contributed by atoms with Crippen molar-refractivity contribution in [2.75, 3.05) is 13.2 Å². The highest BCUT2D eigenvalue weighted by molar-refractivity contribution is 6.11. The van der Waals surface area contributed by atoms with Gasteiger partial charge in [0.2, 0.25) is 0 Å². The maximum absolute atomic E-state index is 14.6. The summed E-state index contributed by atoms with van der Waals surface area (Å²) in [7, 11) is 0. The molecule has 0 heterocycles. The number of halogens is 6. The van der Waals surface area contributed by atoms with E-state index in [-0.39, 0.29) is 35.5 Å². The molecule has 490 valence electrons. The molecule has 0 bridgehead atoms. The molecule has 0 aliphatic carbocycles. The number of hydrogen-bond acceptors (Lipinski definition) is 6. The molecule has 12 heteroatoms. The maximum Gasteiger partial charge on any atom is 0.311 e. The highest BCUT2D eigenvalue weighted by atomic mass is 19.2. The summed E-state index contributed by atoms with van der Waals surface area (Å²) in [6.45, 7) is 5.74. The van der Waals surface area contributed by atoms with Crippen molar-refractivity contribution in [1.29, 1.82) is 0 Å². The minimum absolute atomic E-state index is 0.0888. The fourth-order valence-electron chi connectivity index (χ4n) is 12.7. The Bertz CT molecular complexity index is 3920. The molecule has 0 spiro atoms. The van der Waals surface area contributed by atoms with E-state index in [1.54, 1.807) is 60.7 Å². The number of unbranched alkanes of at least 4 members (excludes halogenated alkanes) is 16. The van der Waals surface area contributed by atoms with Crippen LogP contribution < -0.4 is 18.9 Å². The summed E-state index contributed by atoms with van der Waals surface area (Å²) in [5.74, 6) is -7.43. The molecule has 0 unspecified atom stereocenters. The zero-order valence-electron chi connectivity index (χ0n) is 54.1. The average Bonchev–Trinajstić information content (AvgIpc) is 0.866. The fraction of sp³-hybridized carbons (Fsp3) is 0.341. The Balaban J connectivity index is 0.768. The Hall–Kier alpha value is -8.64. The van der Waals surface area contributed by atoms with Crippen molar-refractivity contribution in [3.05, 3.63) is 204 Å². The van der Waals surface area contributed by atoms with E-state index >= 15 is 0 Å². The van der Waals surface area contributed by atoms with Crippen molar-refractivity contribution in [1.82, 2.24) is 0 Å². The Morgan fingerprint density at radius 2 is 0.649 bits per heavy atom. The quantitative estimate of drug-likeness (QED) is 0.0130. The second-order valence-corrected chi connectivity index (χ2v) is 25.0. The number of carbonyl (C=O) groups is 2. The molecule has 0 aliphatic heterocycles. The molecular weight excluding hydrogens is 1190 g/mol. The first-order chi connectivity index (χ1) is 45.8. The second kappa shape index (κ2) is 34.0. The van der Waals surface area contributed by atoms with Crippen LogP contribution in [-0.4, -0.2) is 25.2 Å². The van der Waals surface area contributed by atoms with Crippen LogP contribution in [-0.2, 0) is 22.4 Å². The number of carbonyl (C=O) groups excluding carboxylic acids is 2. The number of rotatable bonds is 35. The van der Waals surface area contributed by atoms with Crippen molar-refractivity contribution in [3.63, 3.8) is 0 Å². The van der Waals surface area contributed by atoms with Crippen LogP contribution in [0, 0.1) is 34.9 Å². The molecule has 0 fully saturated rings. The van der Waals surface area contributed by atoms with Gasteiger partial charge in [0.15, 0.2) is 34.9 Å². The third kappa shape index (κ3) is 18.4. The minimum atomic E-state index is -1.59. The SMILES string of the molecule is CCCc1ccc2cc(OCCCCCCCCCCCC(=O)Oc3ccc4cc(-c5cc(F)c(F)c(F)c5)ccc4c3-c3c(OC(=O)CCCCCCCCCCCOc4ccc5cc(CCC)ccc5c4)ccc4cc(-c5cc(F)c(F)c(F)c5)ccc34)ccc2c1. The van der Waals surface area contributed by atoms with Gasteiger partial charge in [0.05, 0.1) is 13.2 Å². The fourth-order valence-corrected chi connectivity index (χ4v) is 12.7. The second-order valence-electron chi connectivity index (χ2n) is 25.0. The van der Waals surface area contributed by atoms with Gasteiger partial charge in [0.25, 0.3) is 0 Å². The van der Waals surface area contributed by atoms with Crippen molar-refractivity contribution < 1.29 is 54.9 Å². The third-order valence-electron chi connectivity index (χ3n) is 17.7. The molecule has 0 amide bonds. The molecular formula is C82H84F6O6. The van der Waals surface area contributed by atoms with Gasteiger partial charge in [0, 0.05) is 24.0 Å². The molecule has 0 N–H and O–H groups in total. The molecule has 0 saturated heterocycles. The van der Waals surface area contributed by atoms with E-state index < -0.39 is 46.8 Å². The van der Waals surface area contributed by atoms with E-state index in [0.29, 0.717) is 69.9 Å². The van der Waals surface area contributed by atoms with Crippen molar-refractivity contribution in [3.8, 4) is 56.4 Å². The number of aryl methyl sites for hydroxylation is 2. The summed E-state index contributed by atoms with van der Waals surface area (Å²) in [5, 5.41) is 6.96. The van der Waals surface area contributed by atoms with Crippen LogP contribution in [0.15, 0.2) is 158 Å². The van der Waals surface area contributed by atoms with Crippen LogP contribution in [0.25, 0.3) is 76.5 Å². The van der Waals surface area contributed by atoms with E-state index in [0.717, 1.165) is 164 Å². The number of fused-ring (bicyclic) bond motifs is 4. The standard InChI is InChI=1S/C82H84F6O6/c1-3-23-55-27-29-61-49-67(37-31-57(61)45-55)91-43-21-17-13-9-5-7-11-15-19-25-77(89)93-75-41-35-63-47-59(65-51-71(83)81(87)72(84)52-65)33-39-69(63)79(75)80-70-40-34-60(66-53-73(85)82(88)74(86)54-66)48-64(70)36-42-76(80)94-78(90)26-20-16-12-8-6-10-14-18-22-44-92-68-38-32-58-46-56(24-4-2)28-30-62(58)50-68/h27-42,45-54H,3-26,43-44H2,1-2H3. The molecule has 94 heavy (non-hydrogen) atoms. The van der Waals surface area contributed by atoms with Crippen LogP contribution >= 0.6 is 0 Å². The topological polar surface area (TPSA) is 71.1 Å². The van der Waals surface area contributed by atoms with Gasteiger partial charge in [-0.15, -0.1) is 0 Å². The Labute approximate surface area is 548 Å². The lowest BCUT2D eigenvalue weighted by Crippen LogP contribution is -2.10. The number of benzene rings is 10. The molecule has 0 radical (unpaired) electrons. The number of ether oxygens (including phenoxy) is 4. The van der Waals surface area contributed by atoms with Crippen LogP contribution in [0.2, 0.25) is 0 Å². The Morgan fingerprint density at radius 3 is 1.02 bits per heavy atom.